The third kappa shape index (κ3) is 2.68. The quantitative estimate of drug-likeness (QED) is 0.674. The summed E-state index contributed by atoms with van der Waals surface area (Å²) >= 11 is 0. The molecule has 2 atom stereocenters. The van der Waals surface area contributed by atoms with Crippen LogP contribution >= 0.6 is 0 Å². The molecule has 0 aliphatic carbocycles. The second-order valence-corrected chi connectivity index (χ2v) is 4.89. The lowest BCUT2D eigenvalue weighted by molar-refractivity contribution is 0.146. The van der Waals surface area contributed by atoms with Crippen molar-refractivity contribution in [2.24, 2.45) is 13.0 Å². The topological polar surface area (TPSA) is 62.1 Å². The molecule has 2 heterocycles. The lowest BCUT2D eigenvalue weighted by atomic mass is 10.1. The first kappa shape index (κ1) is 12.5. The summed E-state index contributed by atoms with van der Waals surface area (Å²) in [6.45, 7) is 7.42. The van der Waals surface area contributed by atoms with Crippen LogP contribution in [0, 0.1) is 19.8 Å². The lowest BCUT2D eigenvalue weighted by Crippen LogP contribution is -2.30. The maximum atomic E-state index is 9.68. The van der Waals surface area contributed by atoms with Gasteiger partial charge >= 0.3 is 0 Å². The zero-order chi connectivity index (χ0) is 12.4. The summed E-state index contributed by atoms with van der Waals surface area (Å²) in [4.78, 5) is 0. The van der Waals surface area contributed by atoms with Gasteiger partial charge in [0.05, 0.1) is 11.8 Å². The molecule has 1 saturated heterocycles. The smallest absolute Gasteiger partial charge is 0.0716 e. The van der Waals surface area contributed by atoms with Crippen molar-refractivity contribution in [3.8, 4) is 0 Å². The molecule has 5 heteroatoms. The molecule has 0 amide bonds. The Morgan fingerprint density at radius 3 is 2.76 bits per heavy atom. The Bertz CT molecular complexity index is 388. The Hall–Kier alpha value is -0.910. The standard InChI is InChI=1S/C12H22N4O/c1-8-11(9(2)16(3)15-8)6-13-4-10-5-14-7-12(10)17/h10,12-14,17H,4-7H2,1-3H3. The second kappa shape index (κ2) is 5.16. The average Bonchev–Trinajstić information content (AvgIpc) is 2.78. The third-order valence-corrected chi connectivity index (χ3v) is 3.67. The molecule has 0 bridgehead atoms. The highest BCUT2D eigenvalue weighted by Gasteiger charge is 2.24. The Labute approximate surface area is 102 Å². The van der Waals surface area contributed by atoms with E-state index in [2.05, 4.69) is 22.7 Å². The molecule has 0 radical (unpaired) electrons. The van der Waals surface area contributed by atoms with Gasteiger partial charge in [-0.3, -0.25) is 4.68 Å². The van der Waals surface area contributed by atoms with E-state index in [1.165, 1.54) is 11.3 Å². The average molecular weight is 238 g/mol. The molecule has 1 aliphatic rings. The van der Waals surface area contributed by atoms with E-state index < -0.39 is 0 Å². The van der Waals surface area contributed by atoms with Crippen molar-refractivity contribution in [1.82, 2.24) is 20.4 Å². The van der Waals surface area contributed by atoms with E-state index in [4.69, 9.17) is 0 Å². The minimum Gasteiger partial charge on any atom is -0.391 e. The Morgan fingerprint density at radius 1 is 1.47 bits per heavy atom. The minimum absolute atomic E-state index is 0.210. The molecular weight excluding hydrogens is 216 g/mol. The Balaban J connectivity index is 1.85. The van der Waals surface area contributed by atoms with E-state index in [1.807, 2.05) is 18.7 Å². The van der Waals surface area contributed by atoms with Crippen molar-refractivity contribution in [2.45, 2.75) is 26.5 Å². The number of aryl methyl sites for hydroxylation is 2. The van der Waals surface area contributed by atoms with Gasteiger partial charge in [-0.25, -0.2) is 0 Å². The van der Waals surface area contributed by atoms with Crippen LogP contribution in [0.5, 0.6) is 0 Å². The monoisotopic (exact) mass is 238 g/mol. The first-order valence-corrected chi connectivity index (χ1v) is 6.18. The number of rotatable bonds is 4. The molecule has 1 aliphatic heterocycles. The molecule has 0 saturated carbocycles. The largest absolute Gasteiger partial charge is 0.391 e. The summed E-state index contributed by atoms with van der Waals surface area (Å²) in [6.07, 6.45) is -0.210. The first-order chi connectivity index (χ1) is 8.09. The molecule has 1 aromatic rings. The van der Waals surface area contributed by atoms with Crippen LogP contribution in [-0.2, 0) is 13.6 Å². The molecule has 5 nitrogen and oxygen atoms in total. The minimum atomic E-state index is -0.210. The SMILES string of the molecule is Cc1nn(C)c(C)c1CNCC1CNCC1O. The van der Waals surface area contributed by atoms with Crippen molar-refractivity contribution in [3.63, 3.8) is 0 Å². The fourth-order valence-electron chi connectivity index (χ4n) is 2.38. The van der Waals surface area contributed by atoms with Crippen molar-refractivity contribution < 1.29 is 5.11 Å². The number of aliphatic hydroxyl groups excluding tert-OH is 1. The van der Waals surface area contributed by atoms with Gasteiger partial charge in [-0.15, -0.1) is 0 Å². The highest BCUT2D eigenvalue weighted by molar-refractivity contribution is 5.23. The summed E-state index contributed by atoms with van der Waals surface area (Å²) in [5.74, 6) is 0.326. The molecule has 1 aromatic heterocycles. The van der Waals surface area contributed by atoms with Gasteiger partial charge in [0.15, 0.2) is 0 Å². The predicted molar refractivity (Wildman–Crippen MR) is 66.8 cm³/mol. The van der Waals surface area contributed by atoms with Crippen molar-refractivity contribution >= 4 is 0 Å². The molecule has 3 N–H and O–H groups in total. The summed E-state index contributed by atoms with van der Waals surface area (Å²) < 4.78 is 1.91. The van der Waals surface area contributed by atoms with Crippen LogP contribution in [0.25, 0.3) is 0 Å². The number of hydrogen-bond acceptors (Lipinski definition) is 4. The number of aromatic nitrogens is 2. The van der Waals surface area contributed by atoms with Crippen LogP contribution in [0.1, 0.15) is 17.0 Å². The number of hydrogen-bond donors (Lipinski definition) is 3. The third-order valence-electron chi connectivity index (χ3n) is 3.67. The molecule has 0 aromatic carbocycles. The van der Waals surface area contributed by atoms with E-state index in [0.29, 0.717) is 5.92 Å². The van der Waals surface area contributed by atoms with Gasteiger partial charge in [-0.1, -0.05) is 0 Å². The molecule has 17 heavy (non-hydrogen) atoms. The summed E-state index contributed by atoms with van der Waals surface area (Å²) in [6, 6.07) is 0. The van der Waals surface area contributed by atoms with Gasteiger partial charge in [0.25, 0.3) is 0 Å². The van der Waals surface area contributed by atoms with E-state index in [-0.39, 0.29) is 6.10 Å². The molecule has 2 rings (SSSR count). The molecule has 0 spiro atoms. The van der Waals surface area contributed by atoms with E-state index in [1.54, 1.807) is 0 Å². The summed E-state index contributed by atoms with van der Waals surface area (Å²) in [5, 5.41) is 20.7. The van der Waals surface area contributed by atoms with Crippen LogP contribution in [0.2, 0.25) is 0 Å². The highest BCUT2D eigenvalue weighted by Crippen LogP contribution is 2.12. The fraction of sp³-hybridized carbons (Fsp3) is 0.750. The molecule has 2 unspecified atom stereocenters. The molecular formula is C12H22N4O. The van der Waals surface area contributed by atoms with Gasteiger partial charge in [-0.2, -0.15) is 5.10 Å². The van der Waals surface area contributed by atoms with E-state index >= 15 is 0 Å². The maximum Gasteiger partial charge on any atom is 0.0716 e. The Morgan fingerprint density at radius 2 is 2.24 bits per heavy atom. The number of nitrogens with one attached hydrogen (secondary N) is 2. The Kier molecular flexibility index (Phi) is 3.81. The van der Waals surface area contributed by atoms with Gasteiger partial charge in [-0.05, 0) is 13.8 Å². The van der Waals surface area contributed by atoms with Gasteiger partial charge in [0, 0.05) is 50.4 Å². The lowest BCUT2D eigenvalue weighted by Gasteiger charge is -2.14. The van der Waals surface area contributed by atoms with Gasteiger partial charge in [0.1, 0.15) is 0 Å². The number of aliphatic hydroxyl groups is 1. The normalized spacial score (nSPS) is 24.5. The van der Waals surface area contributed by atoms with Crippen LogP contribution in [0.15, 0.2) is 0 Å². The predicted octanol–water partition coefficient (Wildman–Crippen LogP) is -0.293. The number of nitrogens with zero attached hydrogens (tertiary/aromatic N) is 2. The van der Waals surface area contributed by atoms with E-state index in [0.717, 1.165) is 31.9 Å². The van der Waals surface area contributed by atoms with Crippen molar-refractivity contribution in [2.75, 3.05) is 19.6 Å². The molecule has 96 valence electrons. The van der Waals surface area contributed by atoms with Crippen LogP contribution in [0.3, 0.4) is 0 Å². The first-order valence-electron chi connectivity index (χ1n) is 6.18. The summed E-state index contributed by atoms with van der Waals surface area (Å²) in [5.41, 5.74) is 3.57. The van der Waals surface area contributed by atoms with E-state index in [9.17, 15) is 5.11 Å². The maximum absolute atomic E-state index is 9.68. The summed E-state index contributed by atoms with van der Waals surface area (Å²) in [7, 11) is 1.97. The number of β-amino-alcohol motifs (C(OH)–C–C–N with tert-alkyl or cyclic N) is 1. The van der Waals surface area contributed by atoms with Crippen LogP contribution < -0.4 is 10.6 Å². The molecule has 1 fully saturated rings. The van der Waals surface area contributed by atoms with Crippen molar-refractivity contribution in [1.29, 1.82) is 0 Å². The van der Waals surface area contributed by atoms with Crippen LogP contribution in [-0.4, -0.2) is 40.6 Å². The van der Waals surface area contributed by atoms with Gasteiger partial charge in [0.2, 0.25) is 0 Å². The highest BCUT2D eigenvalue weighted by atomic mass is 16.3. The van der Waals surface area contributed by atoms with Crippen molar-refractivity contribution in [3.05, 3.63) is 17.0 Å². The fourth-order valence-corrected chi connectivity index (χ4v) is 2.38. The van der Waals surface area contributed by atoms with Gasteiger partial charge < -0.3 is 15.7 Å². The second-order valence-electron chi connectivity index (χ2n) is 4.89. The zero-order valence-corrected chi connectivity index (χ0v) is 10.8. The zero-order valence-electron chi connectivity index (χ0n) is 10.8. The van der Waals surface area contributed by atoms with Crippen LogP contribution in [0.4, 0.5) is 0 Å².